The van der Waals surface area contributed by atoms with E-state index in [2.05, 4.69) is 31.2 Å². The van der Waals surface area contributed by atoms with Crippen LogP contribution in [0.1, 0.15) is 45.6 Å². The first-order chi connectivity index (χ1) is 10.4. The molecule has 3 atom stereocenters. The molecule has 116 valence electrons. The van der Waals surface area contributed by atoms with Crippen LogP contribution in [0.4, 0.5) is 5.69 Å². The summed E-state index contributed by atoms with van der Waals surface area (Å²) in [7, 11) is 0. The van der Waals surface area contributed by atoms with Crippen molar-refractivity contribution in [3.63, 3.8) is 0 Å². The fourth-order valence-electron chi connectivity index (χ4n) is 4.19. The van der Waals surface area contributed by atoms with Crippen LogP contribution in [0.25, 0.3) is 0 Å². The predicted molar refractivity (Wildman–Crippen MR) is 85.6 cm³/mol. The van der Waals surface area contributed by atoms with Crippen molar-refractivity contribution in [1.82, 2.24) is 0 Å². The molecule has 1 spiro atoms. The molecule has 1 amide bonds. The number of para-hydroxylation sites is 1. The summed E-state index contributed by atoms with van der Waals surface area (Å²) in [5.41, 5.74) is 2.21. The van der Waals surface area contributed by atoms with Crippen molar-refractivity contribution >= 4 is 17.3 Å². The van der Waals surface area contributed by atoms with Gasteiger partial charge in [-0.3, -0.25) is 4.79 Å². The highest BCUT2D eigenvalue weighted by Crippen LogP contribution is 2.53. The third-order valence-corrected chi connectivity index (χ3v) is 5.60. The monoisotopic (exact) mass is 298 g/mol. The molecule has 0 saturated heterocycles. The third kappa shape index (κ3) is 1.70. The summed E-state index contributed by atoms with van der Waals surface area (Å²) in [5, 5.41) is 7.33. The molecule has 4 rings (SSSR count). The molecule has 1 N–H and O–H groups in total. The van der Waals surface area contributed by atoms with E-state index in [-0.39, 0.29) is 17.2 Å². The summed E-state index contributed by atoms with van der Waals surface area (Å²) in [5.74, 6) is 0.613. The van der Waals surface area contributed by atoms with E-state index < -0.39 is 5.60 Å². The number of hydrogen-bond donors (Lipinski definition) is 1. The Morgan fingerprint density at radius 3 is 2.82 bits per heavy atom. The van der Waals surface area contributed by atoms with E-state index in [0.29, 0.717) is 5.92 Å². The number of fused-ring (bicyclic) bond motifs is 4. The molecular weight excluding hydrogens is 276 g/mol. The van der Waals surface area contributed by atoms with Crippen LogP contribution in [0, 0.1) is 17.3 Å². The molecule has 4 heteroatoms. The minimum atomic E-state index is -0.922. The fraction of sp³-hybridized carbons (Fsp3) is 0.556. The zero-order valence-electron chi connectivity index (χ0n) is 13.3. The maximum atomic E-state index is 12.7. The molecule has 1 unspecified atom stereocenters. The lowest BCUT2D eigenvalue weighted by molar-refractivity contribution is -0.142. The van der Waals surface area contributed by atoms with Crippen LogP contribution in [-0.4, -0.2) is 11.6 Å². The summed E-state index contributed by atoms with van der Waals surface area (Å²) in [4.78, 5) is 18.5. The molecule has 0 radical (unpaired) electrons. The van der Waals surface area contributed by atoms with Gasteiger partial charge in [0.15, 0.2) is 0 Å². The van der Waals surface area contributed by atoms with Gasteiger partial charge in [-0.1, -0.05) is 44.1 Å². The largest absolute Gasteiger partial charge is 0.373 e. The molecular formula is C18H22N2O2. The lowest BCUT2D eigenvalue weighted by Gasteiger charge is -2.38. The number of oxime groups is 1. The quantitative estimate of drug-likeness (QED) is 0.794. The van der Waals surface area contributed by atoms with Gasteiger partial charge in [0, 0.05) is 11.3 Å². The van der Waals surface area contributed by atoms with Crippen molar-refractivity contribution < 1.29 is 9.63 Å². The van der Waals surface area contributed by atoms with Gasteiger partial charge in [-0.2, -0.15) is 0 Å². The van der Waals surface area contributed by atoms with Crippen molar-refractivity contribution in [2.75, 3.05) is 5.32 Å². The lowest BCUT2D eigenvalue weighted by Crippen LogP contribution is -2.45. The highest BCUT2D eigenvalue weighted by atomic mass is 16.7. The minimum Gasteiger partial charge on any atom is -0.373 e. The van der Waals surface area contributed by atoms with E-state index in [1.165, 1.54) is 0 Å². The molecule has 1 aliphatic carbocycles. The number of carbonyl (C=O) groups excluding carboxylic acids is 1. The average Bonchev–Trinajstić information content (AvgIpc) is 2.99. The average molecular weight is 298 g/mol. The van der Waals surface area contributed by atoms with Gasteiger partial charge >= 0.3 is 0 Å². The molecule has 0 bridgehead atoms. The van der Waals surface area contributed by atoms with Gasteiger partial charge < -0.3 is 10.2 Å². The molecule has 4 nitrogen and oxygen atoms in total. The minimum absolute atomic E-state index is 0.0633. The summed E-state index contributed by atoms with van der Waals surface area (Å²) in [6, 6.07) is 7.82. The second-order valence-electron chi connectivity index (χ2n) is 7.81. The maximum Gasteiger partial charge on any atom is 0.276 e. The van der Waals surface area contributed by atoms with Gasteiger partial charge in [0.2, 0.25) is 5.60 Å². The Kier molecular flexibility index (Phi) is 2.72. The normalized spacial score (nSPS) is 33.0. The Morgan fingerprint density at radius 1 is 1.27 bits per heavy atom. The van der Waals surface area contributed by atoms with Gasteiger partial charge in [0.25, 0.3) is 5.91 Å². The van der Waals surface area contributed by atoms with Crippen LogP contribution in [0.2, 0.25) is 0 Å². The van der Waals surface area contributed by atoms with Crippen LogP contribution < -0.4 is 5.32 Å². The van der Waals surface area contributed by atoms with Crippen LogP contribution in [-0.2, 0) is 15.2 Å². The number of amides is 1. The van der Waals surface area contributed by atoms with Gasteiger partial charge in [0.1, 0.15) is 0 Å². The lowest BCUT2D eigenvalue weighted by atomic mass is 9.65. The zero-order chi connectivity index (χ0) is 15.5. The third-order valence-electron chi connectivity index (χ3n) is 5.60. The van der Waals surface area contributed by atoms with Crippen molar-refractivity contribution in [2.45, 2.75) is 45.6 Å². The summed E-state index contributed by atoms with van der Waals surface area (Å²) in [6.45, 7) is 6.84. The Hall–Kier alpha value is -1.84. The second-order valence-corrected chi connectivity index (χ2v) is 7.81. The first-order valence-corrected chi connectivity index (χ1v) is 8.09. The van der Waals surface area contributed by atoms with Crippen LogP contribution in [0.5, 0.6) is 0 Å². The van der Waals surface area contributed by atoms with Crippen molar-refractivity contribution in [3.05, 3.63) is 29.8 Å². The standard InChI is InChI=1S/C18H22N2O2/c1-17(2,3)11-8-9-13-15(10-11)20-22-18(13)12-6-4-5-7-14(12)19-16(18)21/h4-7,11,13H,8-10H2,1-3H3,(H,19,21)/t11?,13-,18+/m1/s1. The van der Waals surface area contributed by atoms with Crippen molar-refractivity contribution in [2.24, 2.45) is 22.4 Å². The topological polar surface area (TPSA) is 50.7 Å². The van der Waals surface area contributed by atoms with Crippen molar-refractivity contribution in [1.29, 1.82) is 0 Å². The fourth-order valence-corrected chi connectivity index (χ4v) is 4.19. The van der Waals surface area contributed by atoms with E-state index in [1.807, 2.05) is 24.3 Å². The number of benzene rings is 1. The summed E-state index contributed by atoms with van der Waals surface area (Å²) in [6.07, 6.45) is 3.02. The van der Waals surface area contributed by atoms with E-state index in [0.717, 1.165) is 36.2 Å². The number of nitrogens with one attached hydrogen (secondary N) is 1. The number of rotatable bonds is 0. The predicted octanol–water partition coefficient (Wildman–Crippen LogP) is 3.68. The van der Waals surface area contributed by atoms with Crippen LogP contribution >= 0.6 is 0 Å². The summed E-state index contributed by atoms with van der Waals surface area (Å²) < 4.78 is 0. The smallest absolute Gasteiger partial charge is 0.276 e. The highest BCUT2D eigenvalue weighted by Gasteiger charge is 2.61. The molecule has 0 aromatic heterocycles. The Morgan fingerprint density at radius 2 is 2.05 bits per heavy atom. The first-order valence-electron chi connectivity index (χ1n) is 8.09. The highest BCUT2D eigenvalue weighted by molar-refractivity contribution is 6.09. The molecule has 2 heterocycles. The van der Waals surface area contributed by atoms with E-state index >= 15 is 0 Å². The van der Waals surface area contributed by atoms with E-state index in [9.17, 15) is 4.79 Å². The maximum absolute atomic E-state index is 12.7. The molecule has 1 aromatic rings. The molecule has 1 fully saturated rings. The van der Waals surface area contributed by atoms with Crippen LogP contribution in [0.15, 0.2) is 29.4 Å². The Balaban J connectivity index is 1.70. The van der Waals surface area contributed by atoms with Gasteiger partial charge in [-0.25, -0.2) is 0 Å². The van der Waals surface area contributed by atoms with E-state index in [1.54, 1.807) is 0 Å². The van der Waals surface area contributed by atoms with Gasteiger partial charge in [-0.05, 0) is 36.7 Å². The second kappa shape index (κ2) is 4.34. The Bertz CT molecular complexity index is 674. The number of hydrogen-bond acceptors (Lipinski definition) is 3. The van der Waals surface area contributed by atoms with E-state index in [4.69, 9.17) is 4.84 Å². The van der Waals surface area contributed by atoms with Crippen molar-refractivity contribution in [3.8, 4) is 0 Å². The molecule has 1 aromatic carbocycles. The molecule has 2 aliphatic heterocycles. The van der Waals surface area contributed by atoms with Gasteiger partial charge in [0.05, 0.1) is 11.6 Å². The first kappa shape index (κ1) is 13.8. The summed E-state index contributed by atoms with van der Waals surface area (Å²) >= 11 is 0. The molecule has 1 saturated carbocycles. The molecule has 3 aliphatic rings. The van der Waals surface area contributed by atoms with Crippen LogP contribution in [0.3, 0.4) is 0 Å². The number of nitrogens with zero attached hydrogens (tertiary/aromatic N) is 1. The number of anilines is 1. The molecule has 22 heavy (non-hydrogen) atoms. The van der Waals surface area contributed by atoms with Gasteiger partial charge in [-0.15, -0.1) is 0 Å². The zero-order valence-corrected chi connectivity index (χ0v) is 13.3. The number of carbonyl (C=O) groups is 1. The SMILES string of the molecule is CC(C)(C)C1CC[C@@H]2C(=NO[C@]23C(=O)Nc2ccccc23)C1. The Labute approximate surface area is 130 Å².